The Labute approximate surface area is 184 Å². The molecule has 2 aromatic carbocycles. The topological polar surface area (TPSA) is 67.9 Å². The Hall–Kier alpha value is -2.86. The first kappa shape index (κ1) is 22.8. The molecular weight excluding hydrogens is 392 g/mol. The van der Waals surface area contributed by atoms with Gasteiger partial charge in [0, 0.05) is 32.5 Å². The number of ether oxygens (including phenoxy) is 2. The predicted octanol–water partition coefficient (Wildman–Crippen LogP) is 3.34. The highest BCUT2D eigenvalue weighted by Crippen LogP contribution is 2.18. The van der Waals surface area contributed by atoms with E-state index in [1.165, 1.54) is 0 Å². The van der Waals surface area contributed by atoms with Gasteiger partial charge in [0.1, 0.15) is 11.8 Å². The normalized spacial score (nSPS) is 16.5. The van der Waals surface area contributed by atoms with E-state index in [0.717, 1.165) is 36.3 Å². The van der Waals surface area contributed by atoms with Gasteiger partial charge in [-0.15, -0.1) is 0 Å². The van der Waals surface area contributed by atoms with Crippen LogP contribution in [0.2, 0.25) is 0 Å². The zero-order valence-electron chi connectivity index (χ0n) is 18.4. The lowest BCUT2D eigenvalue weighted by Gasteiger charge is -2.31. The molecule has 2 atom stereocenters. The minimum Gasteiger partial charge on any atom is -0.497 e. The van der Waals surface area contributed by atoms with Gasteiger partial charge in [-0.3, -0.25) is 9.59 Å². The molecule has 0 saturated carbocycles. The summed E-state index contributed by atoms with van der Waals surface area (Å²) in [7, 11) is 1.62. The molecule has 166 valence electrons. The number of benzene rings is 2. The van der Waals surface area contributed by atoms with Crippen molar-refractivity contribution in [1.82, 2.24) is 10.2 Å². The first-order valence-electron chi connectivity index (χ1n) is 11.0. The molecule has 0 spiro atoms. The van der Waals surface area contributed by atoms with E-state index in [2.05, 4.69) is 5.32 Å². The Morgan fingerprint density at radius 1 is 1.13 bits per heavy atom. The minimum atomic E-state index is -0.599. The highest BCUT2D eigenvalue weighted by Gasteiger charge is 2.30. The van der Waals surface area contributed by atoms with Crippen LogP contribution in [0.25, 0.3) is 0 Å². The molecule has 3 rings (SSSR count). The molecule has 1 heterocycles. The van der Waals surface area contributed by atoms with Crippen molar-refractivity contribution < 1.29 is 19.1 Å². The lowest BCUT2D eigenvalue weighted by molar-refractivity contribution is -0.141. The zero-order valence-corrected chi connectivity index (χ0v) is 18.4. The second-order valence-electron chi connectivity index (χ2n) is 7.81. The molecule has 1 fully saturated rings. The van der Waals surface area contributed by atoms with Crippen molar-refractivity contribution in [3.8, 4) is 5.75 Å². The fraction of sp³-hybridized carbons (Fsp3) is 0.440. The first-order valence-corrected chi connectivity index (χ1v) is 11.0. The maximum absolute atomic E-state index is 13.3. The quantitative estimate of drug-likeness (QED) is 0.635. The predicted molar refractivity (Wildman–Crippen MR) is 120 cm³/mol. The molecular formula is C25H32N2O4. The van der Waals surface area contributed by atoms with E-state index in [9.17, 15) is 9.59 Å². The van der Waals surface area contributed by atoms with Gasteiger partial charge in [0.2, 0.25) is 11.8 Å². The van der Waals surface area contributed by atoms with Gasteiger partial charge in [0.15, 0.2) is 0 Å². The molecule has 0 aliphatic carbocycles. The lowest BCUT2D eigenvalue weighted by atomic mass is 10.0. The summed E-state index contributed by atoms with van der Waals surface area (Å²) < 4.78 is 10.9. The molecule has 0 bridgehead atoms. The van der Waals surface area contributed by atoms with Gasteiger partial charge in [0.05, 0.1) is 13.2 Å². The molecule has 1 N–H and O–H groups in total. The second kappa shape index (κ2) is 11.5. The van der Waals surface area contributed by atoms with Crippen LogP contribution in [-0.2, 0) is 27.3 Å². The molecule has 0 aromatic heterocycles. The summed E-state index contributed by atoms with van der Waals surface area (Å²) in [5, 5.41) is 3.03. The van der Waals surface area contributed by atoms with Crippen molar-refractivity contribution in [3.63, 3.8) is 0 Å². The van der Waals surface area contributed by atoms with E-state index in [4.69, 9.17) is 9.47 Å². The SMILES string of the molecule is CCC(=O)N(Cc1ccc(OC)cc1)[C@H](Cc1ccccc1)C(=O)NC[C@@H]1CCCO1. The molecule has 6 heteroatoms. The maximum atomic E-state index is 13.3. The number of rotatable bonds is 10. The van der Waals surface area contributed by atoms with E-state index >= 15 is 0 Å². The number of carbonyl (C=O) groups is 2. The van der Waals surface area contributed by atoms with Gasteiger partial charge >= 0.3 is 0 Å². The Balaban J connectivity index is 1.81. The summed E-state index contributed by atoms with van der Waals surface area (Å²) in [6, 6.07) is 16.8. The molecule has 2 amide bonds. The van der Waals surface area contributed by atoms with Crippen LogP contribution in [0.3, 0.4) is 0 Å². The number of carbonyl (C=O) groups excluding carboxylic acids is 2. The van der Waals surface area contributed by atoms with E-state index < -0.39 is 6.04 Å². The van der Waals surface area contributed by atoms with Crippen LogP contribution < -0.4 is 10.1 Å². The standard InChI is InChI=1S/C25H32N2O4/c1-3-24(28)27(18-20-11-13-21(30-2)14-12-20)23(16-19-8-5-4-6-9-19)25(29)26-17-22-10-7-15-31-22/h4-6,8-9,11-14,22-23H,3,7,10,15-18H2,1-2H3,(H,26,29)/t22-,23+/m0/s1. The molecule has 6 nitrogen and oxygen atoms in total. The highest BCUT2D eigenvalue weighted by atomic mass is 16.5. The summed E-state index contributed by atoms with van der Waals surface area (Å²) in [6.45, 7) is 3.40. The lowest BCUT2D eigenvalue weighted by Crippen LogP contribution is -2.51. The number of hydrogen-bond acceptors (Lipinski definition) is 4. The van der Waals surface area contributed by atoms with Crippen molar-refractivity contribution in [2.45, 2.75) is 51.3 Å². The van der Waals surface area contributed by atoms with Crippen LogP contribution in [-0.4, -0.2) is 49.1 Å². The van der Waals surface area contributed by atoms with E-state index in [-0.39, 0.29) is 17.9 Å². The molecule has 1 aliphatic rings. The minimum absolute atomic E-state index is 0.0518. The molecule has 0 radical (unpaired) electrons. The van der Waals surface area contributed by atoms with Crippen molar-refractivity contribution >= 4 is 11.8 Å². The summed E-state index contributed by atoms with van der Waals surface area (Å²) in [4.78, 5) is 27.9. The van der Waals surface area contributed by atoms with E-state index in [1.54, 1.807) is 12.0 Å². The molecule has 1 aliphatic heterocycles. The van der Waals surface area contributed by atoms with Crippen LogP contribution in [0.15, 0.2) is 54.6 Å². The average molecular weight is 425 g/mol. The van der Waals surface area contributed by atoms with Gasteiger partial charge in [0.25, 0.3) is 0 Å². The molecule has 31 heavy (non-hydrogen) atoms. The summed E-state index contributed by atoms with van der Waals surface area (Å²) >= 11 is 0. The van der Waals surface area contributed by atoms with Crippen LogP contribution >= 0.6 is 0 Å². The van der Waals surface area contributed by atoms with Crippen molar-refractivity contribution in [3.05, 3.63) is 65.7 Å². The number of methoxy groups -OCH3 is 1. The smallest absolute Gasteiger partial charge is 0.243 e. The fourth-order valence-electron chi connectivity index (χ4n) is 3.82. The third kappa shape index (κ3) is 6.56. The van der Waals surface area contributed by atoms with Gasteiger partial charge in [-0.1, -0.05) is 49.4 Å². The van der Waals surface area contributed by atoms with Crippen LogP contribution in [0.5, 0.6) is 5.75 Å². The molecule has 0 unspecified atom stereocenters. The Morgan fingerprint density at radius 3 is 2.48 bits per heavy atom. The van der Waals surface area contributed by atoms with Crippen molar-refractivity contribution in [2.24, 2.45) is 0 Å². The van der Waals surface area contributed by atoms with Gasteiger partial charge in [-0.25, -0.2) is 0 Å². The molecule has 1 saturated heterocycles. The number of amides is 2. The Bertz CT molecular complexity index is 832. The average Bonchev–Trinajstić information content (AvgIpc) is 3.34. The van der Waals surface area contributed by atoms with Gasteiger partial charge in [-0.2, -0.15) is 0 Å². The van der Waals surface area contributed by atoms with E-state index in [0.29, 0.717) is 25.9 Å². The summed E-state index contributed by atoms with van der Waals surface area (Å²) in [6.07, 6.45) is 2.82. The molecule has 2 aromatic rings. The zero-order chi connectivity index (χ0) is 22.1. The van der Waals surface area contributed by atoms with Crippen molar-refractivity contribution in [2.75, 3.05) is 20.3 Å². The third-order valence-corrected chi connectivity index (χ3v) is 5.61. The summed E-state index contributed by atoms with van der Waals surface area (Å²) in [5.74, 6) is 0.561. The monoisotopic (exact) mass is 424 g/mol. The maximum Gasteiger partial charge on any atom is 0.243 e. The van der Waals surface area contributed by atoms with Crippen LogP contribution in [0, 0.1) is 0 Å². The van der Waals surface area contributed by atoms with Crippen LogP contribution in [0.1, 0.15) is 37.3 Å². The van der Waals surface area contributed by atoms with Crippen molar-refractivity contribution in [1.29, 1.82) is 0 Å². The number of hydrogen-bond donors (Lipinski definition) is 1. The van der Waals surface area contributed by atoms with Gasteiger partial charge in [-0.05, 0) is 36.1 Å². The highest BCUT2D eigenvalue weighted by molar-refractivity contribution is 5.88. The van der Waals surface area contributed by atoms with Gasteiger partial charge < -0.3 is 19.7 Å². The second-order valence-corrected chi connectivity index (χ2v) is 7.81. The fourth-order valence-corrected chi connectivity index (χ4v) is 3.82. The third-order valence-electron chi connectivity index (χ3n) is 5.61. The van der Waals surface area contributed by atoms with E-state index in [1.807, 2.05) is 61.5 Å². The summed E-state index contributed by atoms with van der Waals surface area (Å²) in [5.41, 5.74) is 1.97. The number of nitrogens with one attached hydrogen (secondary N) is 1. The largest absolute Gasteiger partial charge is 0.497 e. The first-order chi connectivity index (χ1) is 15.1. The van der Waals surface area contributed by atoms with Crippen LogP contribution in [0.4, 0.5) is 0 Å². The Morgan fingerprint density at radius 2 is 1.87 bits per heavy atom. The number of nitrogens with zero attached hydrogens (tertiary/aromatic N) is 1. The Kier molecular flexibility index (Phi) is 8.47.